The van der Waals surface area contributed by atoms with Gasteiger partial charge in [-0.2, -0.15) is 0 Å². The Labute approximate surface area is 182 Å². The van der Waals surface area contributed by atoms with Crippen LogP contribution in [0.25, 0.3) is 0 Å². The first kappa shape index (κ1) is 22.7. The number of ether oxygens (including phenoxy) is 2. The molecule has 5 heteroatoms. The zero-order chi connectivity index (χ0) is 21.9. The third-order valence-corrected chi connectivity index (χ3v) is 9.81. The Kier molecular flexibility index (Phi) is 6.83. The van der Waals surface area contributed by atoms with Gasteiger partial charge in [0.15, 0.2) is 0 Å². The van der Waals surface area contributed by atoms with E-state index in [1.807, 2.05) is 6.07 Å². The Hall–Kier alpha value is -1.98. The zero-order valence-electron chi connectivity index (χ0n) is 18.9. The van der Waals surface area contributed by atoms with Crippen LogP contribution in [0.5, 0.6) is 0 Å². The van der Waals surface area contributed by atoms with E-state index in [9.17, 15) is 4.79 Å². The molecule has 4 nitrogen and oxygen atoms in total. The van der Waals surface area contributed by atoms with Crippen LogP contribution >= 0.6 is 10.3 Å². The molecule has 1 aromatic carbocycles. The molecule has 0 aromatic heterocycles. The molecular weight excluding hydrogens is 396 g/mol. The summed E-state index contributed by atoms with van der Waals surface area (Å²) in [7, 11) is 0.0254. The number of rotatable bonds is 6. The maximum absolute atomic E-state index is 12.3. The summed E-state index contributed by atoms with van der Waals surface area (Å²) in [6.07, 6.45) is 13.7. The van der Waals surface area contributed by atoms with Gasteiger partial charge in [-0.1, -0.05) is 69.3 Å². The molecule has 3 atom stereocenters. The maximum atomic E-state index is 12.3. The van der Waals surface area contributed by atoms with Gasteiger partial charge < -0.3 is 9.47 Å². The van der Waals surface area contributed by atoms with Gasteiger partial charge in [0.1, 0.15) is 0 Å². The fraction of sp³-hybridized carbons (Fsp3) is 0.480. The van der Waals surface area contributed by atoms with Crippen molar-refractivity contribution >= 4 is 16.3 Å². The molecule has 1 aliphatic carbocycles. The number of methoxy groups -OCH3 is 1. The largest absolute Gasteiger partial charge is 0.470 e. The van der Waals surface area contributed by atoms with Crippen molar-refractivity contribution in [1.29, 1.82) is 0 Å². The fourth-order valence-electron chi connectivity index (χ4n) is 3.66. The molecular formula is C25H34O4S. The summed E-state index contributed by atoms with van der Waals surface area (Å²) >= 11 is 0. The minimum absolute atomic E-state index is 0.0164. The Balaban J connectivity index is 1.83. The van der Waals surface area contributed by atoms with Crippen molar-refractivity contribution in [3.05, 3.63) is 71.5 Å². The number of hydrogen-bond acceptors (Lipinski definition) is 4. The first-order valence-corrected chi connectivity index (χ1v) is 12.8. The molecule has 1 heterocycles. The lowest BCUT2D eigenvalue weighted by molar-refractivity contribution is -0.139. The Morgan fingerprint density at radius 2 is 1.93 bits per heavy atom. The second kappa shape index (κ2) is 9.03. The van der Waals surface area contributed by atoms with Crippen molar-refractivity contribution in [2.45, 2.75) is 44.6 Å². The average Bonchev–Trinajstić information content (AvgIpc) is 3.12. The highest BCUT2D eigenvalue weighted by Gasteiger charge is 2.46. The quantitative estimate of drug-likeness (QED) is 0.555. The van der Waals surface area contributed by atoms with Gasteiger partial charge in [-0.05, 0) is 36.5 Å². The van der Waals surface area contributed by atoms with E-state index in [0.717, 1.165) is 12.8 Å². The van der Waals surface area contributed by atoms with E-state index in [-0.39, 0.29) is 22.6 Å². The molecule has 1 unspecified atom stereocenters. The van der Waals surface area contributed by atoms with E-state index >= 15 is 0 Å². The molecule has 0 N–H and O–H groups in total. The highest BCUT2D eigenvalue weighted by Crippen LogP contribution is 2.57. The normalized spacial score (nSPS) is 24.7. The molecule has 3 rings (SSSR count). The lowest BCUT2D eigenvalue weighted by Crippen LogP contribution is -2.39. The summed E-state index contributed by atoms with van der Waals surface area (Å²) in [6.45, 7) is 6.59. The highest BCUT2D eigenvalue weighted by molar-refractivity contribution is 8.29. The molecule has 30 heavy (non-hydrogen) atoms. The van der Waals surface area contributed by atoms with E-state index in [1.165, 1.54) is 18.2 Å². The molecule has 1 aliphatic heterocycles. The Morgan fingerprint density at radius 1 is 1.23 bits per heavy atom. The van der Waals surface area contributed by atoms with Gasteiger partial charge in [0.2, 0.25) is 6.29 Å². The number of allylic oxidation sites excluding steroid dienone is 3. The summed E-state index contributed by atoms with van der Waals surface area (Å²) in [5.41, 5.74) is 3.03. The Bertz CT molecular complexity index is 846. The first-order valence-electron chi connectivity index (χ1n) is 10.4. The van der Waals surface area contributed by atoms with Gasteiger partial charge in [0.05, 0.1) is 24.9 Å². The molecule has 0 radical (unpaired) electrons. The van der Waals surface area contributed by atoms with Gasteiger partial charge in [-0.25, -0.2) is 4.79 Å². The van der Waals surface area contributed by atoms with Gasteiger partial charge in [0, 0.05) is 10.7 Å². The fourth-order valence-corrected chi connectivity index (χ4v) is 4.59. The summed E-state index contributed by atoms with van der Waals surface area (Å²) in [5, 5.41) is 0. The van der Waals surface area contributed by atoms with Gasteiger partial charge >= 0.3 is 5.97 Å². The zero-order valence-corrected chi connectivity index (χ0v) is 19.7. The molecule has 0 amide bonds. The summed E-state index contributed by atoms with van der Waals surface area (Å²) in [4.78, 5) is 12.3. The molecule has 0 saturated carbocycles. The van der Waals surface area contributed by atoms with Gasteiger partial charge in [-0.15, -0.1) is 10.3 Å². The van der Waals surface area contributed by atoms with Crippen LogP contribution in [-0.2, 0) is 24.9 Å². The topological polar surface area (TPSA) is 44.8 Å². The smallest absolute Gasteiger partial charge is 0.337 e. The highest BCUT2D eigenvalue weighted by atomic mass is 32.3. The third kappa shape index (κ3) is 4.84. The van der Waals surface area contributed by atoms with Crippen LogP contribution < -0.4 is 0 Å². The summed E-state index contributed by atoms with van der Waals surface area (Å²) in [6, 6.07) is 10.4. The third-order valence-electron chi connectivity index (χ3n) is 6.19. The second-order valence-corrected chi connectivity index (χ2v) is 13.1. The molecule has 1 aromatic rings. The van der Waals surface area contributed by atoms with Crippen LogP contribution in [0.2, 0.25) is 0 Å². The standard InChI is InChI=1S/C25H34O4S/c1-25(2,3)30(5,6)29-24-22-19(14-10-13-18-11-8-7-9-12-18)15-16-20(22)21(17-28-24)23(26)27-4/h7-12,14-15,17,20,22,24H,13,16H2,1-6H3/b14-10+/t20-,22-,24?/m1/s1. The van der Waals surface area contributed by atoms with Crippen molar-refractivity contribution < 1.29 is 18.5 Å². The lowest BCUT2D eigenvalue weighted by Gasteiger charge is -2.47. The van der Waals surface area contributed by atoms with Crippen LogP contribution in [0.1, 0.15) is 32.8 Å². The maximum Gasteiger partial charge on any atom is 0.337 e. The van der Waals surface area contributed by atoms with Crippen molar-refractivity contribution in [3.8, 4) is 0 Å². The van der Waals surface area contributed by atoms with Crippen molar-refractivity contribution in [2.24, 2.45) is 11.8 Å². The number of hydrogen-bond donors (Lipinski definition) is 0. The van der Waals surface area contributed by atoms with E-state index in [0.29, 0.717) is 5.57 Å². The van der Waals surface area contributed by atoms with Crippen molar-refractivity contribution in [1.82, 2.24) is 0 Å². The van der Waals surface area contributed by atoms with E-state index in [2.05, 4.69) is 75.8 Å². The number of carbonyl (C=O) groups excluding carboxylic acids is 1. The second-order valence-electron chi connectivity index (χ2n) is 9.18. The molecule has 0 fully saturated rings. The average molecular weight is 431 g/mol. The van der Waals surface area contributed by atoms with Crippen LogP contribution in [0.3, 0.4) is 0 Å². The van der Waals surface area contributed by atoms with Gasteiger partial charge in [-0.3, -0.25) is 4.18 Å². The predicted molar refractivity (Wildman–Crippen MR) is 124 cm³/mol. The van der Waals surface area contributed by atoms with E-state index in [4.69, 9.17) is 13.7 Å². The minimum Gasteiger partial charge on any atom is -0.470 e. The minimum atomic E-state index is -1.39. The molecule has 164 valence electrons. The molecule has 0 bridgehead atoms. The Morgan fingerprint density at radius 3 is 2.57 bits per heavy atom. The van der Waals surface area contributed by atoms with E-state index in [1.54, 1.807) is 6.26 Å². The molecule has 0 spiro atoms. The summed E-state index contributed by atoms with van der Waals surface area (Å²) in [5.74, 6) is -0.332. The SMILES string of the molecule is COC(=O)C1=COC(OS(C)(C)C(C)(C)C)[C@@H]2C(/C=C/Cc3ccccc3)=CC[C@H]12. The first-order chi connectivity index (χ1) is 14.1. The van der Waals surface area contributed by atoms with Gasteiger partial charge in [0.25, 0.3) is 0 Å². The molecule has 2 aliphatic rings. The van der Waals surface area contributed by atoms with Crippen LogP contribution in [0.4, 0.5) is 0 Å². The van der Waals surface area contributed by atoms with Crippen LogP contribution in [0, 0.1) is 11.8 Å². The van der Waals surface area contributed by atoms with Crippen LogP contribution in [0.15, 0.2) is 66.0 Å². The monoisotopic (exact) mass is 430 g/mol. The van der Waals surface area contributed by atoms with Crippen LogP contribution in [-0.4, -0.2) is 36.6 Å². The number of benzene rings is 1. The predicted octanol–water partition coefficient (Wildman–Crippen LogP) is 5.56. The van der Waals surface area contributed by atoms with Crippen molar-refractivity contribution in [2.75, 3.05) is 19.6 Å². The number of carbonyl (C=O) groups is 1. The van der Waals surface area contributed by atoms with E-state index < -0.39 is 16.6 Å². The van der Waals surface area contributed by atoms with Crippen molar-refractivity contribution in [3.63, 3.8) is 0 Å². The molecule has 0 saturated heterocycles. The lowest BCUT2D eigenvalue weighted by atomic mass is 9.83. The number of fused-ring (bicyclic) bond motifs is 1. The number of esters is 1. The summed E-state index contributed by atoms with van der Waals surface area (Å²) < 4.78 is 17.6.